The van der Waals surface area contributed by atoms with Gasteiger partial charge in [0.25, 0.3) is 0 Å². The Morgan fingerprint density at radius 3 is 2.00 bits per heavy atom. The van der Waals surface area contributed by atoms with Crippen molar-refractivity contribution in [1.29, 1.82) is 0 Å². The molecule has 0 aromatic heterocycles. The van der Waals surface area contributed by atoms with Gasteiger partial charge in [-0.25, -0.2) is 4.79 Å². The molecule has 0 heterocycles. The molecule has 0 spiro atoms. The molecule has 0 fully saturated rings. The van der Waals surface area contributed by atoms with E-state index in [2.05, 4.69) is 0 Å². The molecule has 1 aromatic rings. The molecule has 1 aromatic carbocycles. The maximum Gasteiger partial charge on any atom is 0.335 e. The van der Waals surface area contributed by atoms with Gasteiger partial charge >= 0.3 is 5.97 Å². The van der Waals surface area contributed by atoms with Crippen molar-refractivity contribution in [1.82, 2.24) is 0 Å². The van der Waals surface area contributed by atoms with Crippen LogP contribution in [0.5, 0.6) is 11.5 Å². The summed E-state index contributed by atoms with van der Waals surface area (Å²) in [4.78, 5) is 22.9. The minimum atomic E-state index is -1.10. The predicted octanol–water partition coefficient (Wildman–Crippen LogP) is 2.38. The number of aromatic carboxylic acids is 1. The number of carbonyl (C=O) groups is 2. The Hall–Kier alpha value is -2.04. The highest BCUT2D eigenvalue weighted by Crippen LogP contribution is 2.32. The van der Waals surface area contributed by atoms with E-state index in [-0.39, 0.29) is 22.8 Å². The van der Waals surface area contributed by atoms with Crippen LogP contribution in [0.1, 0.15) is 40.5 Å². The van der Waals surface area contributed by atoms with Gasteiger partial charge in [0.15, 0.2) is 5.78 Å². The lowest BCUT2D eigenvalue weighted by molar-refractivity contribution is 0.0695. The van der Waals surface area contributed by atoms with Gasteiger partial charge in [-0.1, -0.05) is 6.92 Å². The molecular formula is C13H16O5. The van der Waals surface area contributed by atoms with E-state index in [0.29, 0.717) is 18.4 Å². The van der Waals surface area contributed by atoms with Gasteiger partial charge in [0.2, 0.25) is 0 Å². The fourth-order valence-corrected chi connectivity index (χ4v) is 1.66. The first-order valence-electron chi connectivity index (χ1n) is 5.57. The van der Waals surface area contributed by atoms with Gasteiger partial charge in [-0.05, 0) is 18.6 Å². The normalized spacial score (nSPS) is 9.94. The van der Waals surface area contributed by atoms with Gasteiger partial charge in [0.1, 0.15) is 17.1 Å². The second kappa shape index (κ2) is 6.05. The van der Waals surface area contributed by atoms with Crippen LogP contribution in [0.15, 0.2) is 12.1 Å². The highest BCUT2D eigenvalue weighted by atomic mass is 16.5. The number of carbonyl (C=O) groups excluding carboxylic acids is 1. The molecule has 0 saturated carbocycles. The van der Waals surface area contributed by atoms with Crippen LogP contribution in [0.4, 0.5) is 0 Å². The van der Waals surface area contributed by atoms with Crippen molar-refractivity contribution in [3.8, 4) is 11.5 Å². The van der Waals surface area contributed by atoms with Crippen LogP contribution in [0, 0.1) is 0 Å². The molecule has 1 N–H and O–H groups in total. The molecule has 5 heteroatoms. The summed E-state index contributed by atoms with van der Waals surface area (Å²) in [7, 11) is 2.78. The fraction of sp³-hybridized carbons (Fsp3) is 0.385. The van der Waals surface area contributed by atoms with Crippen molar-refractivity contribution in [2.24, 2.45) is 0 Å². The summed E-state index contributed by atoms with van der Waals surface area (Å²) in [6, 6.07) is 2.65. The zero-order valence-electron chi connectivity index (χ0n) is 10.6. The third-order valence-corrected chi connectivity index (χ3v) is 2.51. The largest absolute Gasteiger partial charge is 0.496 e. The number of methoxy groups -OCH3 is 2. The number of rotatable bonds is 6. The maximum absolute atomic E-state index is 12.0. The minimum absolute atomic E-state index is 0.0248. The van der Waals surface area contributed by atoms with E-state index in [0.717, 1.165) is 0 Å². The SMILES string of the molecule is CCCC(=O)c1c(OC)cc(C(=O)O)cc1OC. The standard InChI is InChI=1S/C13H16O5/c1-4-5-9(14)12-10(17-2)6-8(13(15)16)7-11(12)18-3/h6-7H,4-5H2,1-3H3,(H,15,16). The number of hydrogen-bond acceptors (Lipinski definition) is 4. The number of hydrogen-bond donors (Lipinski definition) is 1. The molecule has 98 valence electrons. The molecular weight excluding hydrogens is 236 g/mol. The Labute approximate surface area is 105 Å². The summed E-state index contributed by atoms with van der Waals surface area (Å²) >= 11 is 0. The highest BCUT2D eigenvalue weighted by molar-refractivity contribution is 6.03. The van der Waals surface area contributed by atoms with E-state index in [1.54, 1.807) is 0 Å². The van der Waals surface area contributed by atoms with Crippen molar-refractivity contribution >= 4 is 11.8 Å². The van der Waals surface area contributed by atoms with Crippen LogP contribution < -0.4 is 9.47 Å². The lowest BCUT2D eigenvalue weighted by Crippen LogP contribution is -2.07. The predicted molar refractivity (Wildman–Crippen MR) is 65.7 cm³/mol. The number of carboxylic acids is 1. The minimum Gasteiger partial charge on any atom is -0.496 e. The first kappa shape index (κ1) is 14.0. The summed E-state index contributed by atoms with van der Waals surface area (Å²) < 4.78 is 10.2. The van der Waals surface area contributed by atoms with Gasteiger partial charge in [-0.2, -0.15) is 0 Å². The summed E-state index contributed by atoms with van der Waals surface area (Å²) in [5.74, 6) is -0.764. The molecule has 0 amide bonds. The van der Waals surface area contributed by atoms with Gasteiger partial charge in [-0.3, -0.25) is 4.79 Å². The molecule has 0 radical (unpaired) electrons. The fourth-order valence-electron chi connectivity index (χ4n) is 1.66. The monoisotopic (exact) mass is 252 g/mol. The zero-order valence-corrected chi connectivity index (χ0v) is 10.6. The van der Waals surface area contributed by atoms with E-state index in [4.69, 9.17) is 14.6 Å². The van der Waals surface area contributed by atoms with E-state index in [1.807, 2.05) is 6.92 Å². The van der Waals surface area contributed by atoms with E-state index in [9.17, 15) is 9.59 Å². The first-order chi connectivity index (χ1) is 8.54. The lowest BCUT2D eigenvalue weighted by atomic mass is 10.0. The molecule has 0 aliphatic rings. The van der Waals surface area contributed by atoms with Crippen LogP contribution in [0.25, 0.3) is 0 Å². The van der Waals surface area contributed by atoms with Crippen LogP contribution in [0.2, 0.25) is 0 Å². The first-order valence-corrected chi connectivity index (χ1v) is 5.57. The second-order valence-corrected chi connectivity index (χ2v) is 3.73. The average Bonchev–Trinajstić information content (AvgIpc) is 2.36. The van der Waals surface area contributed by atoms with Crippen LogP contribution >= 0.6 is 0 Å². The van der Waals surface area contributed by atoms with Crippen LogP contribution in [-0.4, -0.2) is 31.1 Å². The molecule has 1 rings (SSSR count). The Morgan fingerprint density at radius 2 is 1.67 bits per heavy atom. The maximum atomic E-state index is 12.0. The Morgan fingerprint density at radius 1 is 1.17 bits per heavy atom. The molecule has 0 aliphatic carbocycles. The summed E-state index contributed by atoms with van der Waals surface area (Å²) in [6.07, 6.45) is 1.06. The molecule has 0 bridgehead atoms. The number of ether oxygens (including phenoxy) is 2. The third kappa shape index (κ3) is 2.80. The van der Waals surface area contributed by atoms with Crippen molar-refractivity contribution in [2.75, 3.05) is 14.2 Å². The quantitative estimate of drug-likeness (QED) is 0.787. The van der Waals surface area contributed by atoms with E-state index < -0.39 is 5.97 Å². The number of Topliss-reactive ketones (excluding diaryl/α,β-unsaturated/α-hetero) is 1. The molecule has 0 aliphatic heterocycles. The Bertz CT molecular complexity index is 439. The summed E-state index contributed by atoms with van der Waals surface area (Å²) in [5, 5.41) is 8.96. The smallest absolute Gasteiger partial charge is 0.335 e. The van der Waals surface area contributed by atoms with E-state index in [1.165, 1.54) is 26.4 Å². The zero-order chi connectivity index (χ0) is 13.7. The third-order valence-electron chi connectivity index (χ3n) is 2.51. The van der Waals surface area contributed by atoms with Crippen molar-refractivity contribution in [3.63, 3.8) is 0 Å². The Balaban J connectivity index is 3.39. The molecule has 0 unspecified atom stereocenters. The van der Waals surface area contributed by atoms with Gasteiger partial charge in [0.05, 0.1) is 19.8 Å². The summed E-state index contributed by atoms with van der Waals surface area (Å²) in [6.45, 7) is 1.89. The van der Waals surface area contributed by atoms with Crippen LogP contribution in [-0.2, 0) is 0 Å². The Kier molecular flexibility index (Phi) is 4.71. The van der Waals surface area contributed by atoms with Crippen molar-refractivity contribution in [2.45, 2.75) is 19.8 Å². The van der Waals surface area contributed by atoms with Crippen molar-refractivity contribution < 1.29 is 24.2 Å². The van der Waals surface area contributed by atoms with Crippen LogP contribution in [0.3, 0.4) is 0 Å². The van der Waals surface area contributed by atoms with Gasteiger partial charge < -0.3 is 14.6 Å². The van der Waals surface area contributed by atoms with Gasteiger partial charge in [-0.15, -0.1) is 0 Å². The molecule has 18 heavy (non-hydrogen) atoms. The molecule has 0 saturated heterocycles. The molecule has 5 nitrogen and oxygen atoms in total. The lowest BCUT2D eigenvalue weighted by Gasteiger charge is -2.13. The highest BCUT2D eigenvalue weighted by Gasteiger charge is 2.20. The van der Waals surface area contributed by atoms with Gasteiger partial charge in [0, 0.05) is 6.42 Å². The second-order valence-electron chi connectivity index (χ2n) is 3.73. The summed E-state index contributed by atoms with van der Waals surface area (Å²) in [5.41, 5.74) is 0.323. The number of benzene rings is 1. The topological polar surface area (TPSA) is 72.8 Å². The molecule has 0 atom stereocenters. The van der Waals surface area contributed by atoms with Crippen molar-refractivity contribution in [3.05, 3.63) is 23.3 Å². The van der Waals surface area contributed by atoms with E-state index >= 15 is 0 Å². The average molecular weight is 252 g/mol. The number of ketones is 1. The number of carboxylic acid groups (broad SMARTS) is 1.